The van der Waals surface area contributed by atoms with Crippen LogP contribution in [0.25, 0.3) is 6.08 Å². The first-order valence-electron chi connectivity index (χ1n) is 7.29. The van der Waals surface area contributed by atoms with E-state index in [0.717, 1.165) is 5.56 Å². The van der Waals surface area contributed by atoms with Gasteiger partial charge in [-0.1, -0.05) is 35.9 Å². The number of benzene rings is 2. The van der Waals surface area contributed by atoms with Crippen LogP contribution in [-0.2, 0) is 9.53 Å². The summed E-state index contributed by atoms with van der Waals surface area (Å²) < 4.78 is 4.66. The van der Waals surface area contributed by atoms with E-state index in [0.29, 0.717) is 26.3 Å². The Balaban J connectivity index is 1.80. The Labute approximate surface area is 153 Å². The lowest BCUT2D eigenvalue weighted by atomic mass is 10.1. The highest BCUT2D eigenvalue weighted by molar-refractivity contribution is 8.18. The lowest BCUT2D eigenvalue weighted by molar-refractivity contribution is -0.115. The van der Waals surface area contributed by atoms with Crippen LogP contribution in [0, 0.1) is 0 Å². The van der Waals surface area contributed by atoms with Gasteiger partial charge in [0.1, 0.15) is 0 Å². The maximum atomic E-state index is 12.1. The van der Waals surface area contributed by atoms with Crippen molar-refractivity contribution in [2.45, 2.75) is 0 Å². The molecule has 0 bridgehead atoms. The molecule has 1 heterocycles. The highest BCUT2D eigenvalue weighted by Gasteiger charge is 2.24. The van der Waals surface area contributed by atoms with Crippen molar-refractivity contribution in [2.75, 3.05) is 7.11 Å². The van der Waals surface area contributed by atoms with Gasteiger partial charge in [-0.15, -0.1) is 0 Å². The molecular weight excluding hydrogens is 360 g/mol. The van der Waals surface area contributed by atoms with E-state index in [1.54, 1.807) is 42.5 Å². The summed E-state index contributed by atoms with van der Waals surface area (Å²) in [5.74, 6) is -0.630. The largest absolute Gasteiger partial charge is 0.465 e. The van der Waals surface area contributed by atoms with Gasteiger partial charge in [0.05, 0.1) is 28.3 Å². The summed E-state index contributed by atoms with van der Waals surface area (Å²) in [6.07, 6.45) is 1.73. The number of ether oxygens (including phenoxy) is 1. The van der Waals surface area contributed by atoms with Crippen LogP contribution in [0.15, 0.2) is 58.4 Å². The standard InChI is InChI=1S/C18H13ClN2O3S/c1-24-17(23)12-8-6-11(7-9-12)10-15-16(22)21-18(25-15)20-14-5-3-2-4-13(14)19/h2-10H,1H3,(H,20,21,22)/b15-10+. The molecule has 3 rings (SSSR count). The number of halogens is 1. The number of carbonyl (C=O) groups is 2. The molecular formula is C18H13ClN2O3S. The van der Waals surface area contributed by atoms with E-state index in [-0.39, 0.29) is 5.91 Å². The van der Waals surface area contributed by atoms with Crippen molar-refractivity contribution in [2.24, 2.45) is 4.99 Å². The van der Waals surface area contributed by atoms with E-state index in [1.165, 1.54) is 18.9 Å². The van der Waals surface area contributed by atoms with Crippen LogP contribution in [0.1, 0.15) is 15.9 Å². The number of aliphatic imine (C=N–C) groups is 1. The van der Waals surface area contributed by atoms with Gasteiger partial charge < -0.3 is 10.1 Å². The summed E-state index contributed by atoms with van der Waals surface area (Å²) in [7, 11) is 1.33. The molecule has 1 fully saturated rings. The third-order valence-electron chi connectivity index (χ3n) is 3.35. The third-order valence-corrected chi connectivity index (χ3v) is 4.58. The van der Waals surface area contributed by atoms with Crippen LogP contribution in [0.5, 0.6) is 0 Å². The predicted molar refractivity (Wildman–Crippen MR) is 100 cm³/mol. The van der Waals surface area contributed by atoms with E-state index in [1.807, 2.05) is 12.1 Å². The van der Waals surface area contributed by atoms with E-state index in [9.17, 15) is 9.59 Å². The predicted octanol–water partition coefficient (Wildman–Crippen LogP) is 4.02. The second-order valence-electron chi connectivity index (χ2n) is 5.05. The summed E-state index contributed by atoms with van der Waals surface area (Å²) in [4.78, 5) is 28.4. The fourth-order valence-electron chi connectivity index (χ4n) is 2.12. The van der Waals surface area contributed by atoms with Crippen LogP contribution in [0.4, 0.5) is 5.69 Å². The van der Waals surface area contributed by atoms with Crippen LogP contribution in [0.2, 0.25) is 5.02 Å². The smallest absolute Gasteiger partial charge is 0.337 e. The van der Waals surface area contributed by atoms with Crippen LogP contribution in [0.3, 0.4) is 0 Å². The fraction of sp³-hybridized carbons (Fsp3) is 0.0556. The number of para-hydroxylation sites is 1. The summed E-state index contributed by atoms with van der Waals surface area (Å²) in [5, 5.41) is 3.69. The summed E-state index contributed by atoms with van der Waals surface area (Å²) in [6, 6.07) is 13.9. The molecule has 1 amide bonds. The zero-order chi connectivity index (χ0) is 17.8. The summed E-state index contributed by atoms with van der Waals surface area (Å²) >= 11 is 7.31. The molecule has 2 aromatic rings. The number of thioether (sulfide) groups is 1. The normalized spacial score (nSPS) is 17.0. The number of esters is 1. The molecule has 25 heavy (non-hydrogen) atoms. The molecule has 0 saturated carbocycles. The van der Waals surface area contributed by atoms with Crippen LogP contribution >= 0.6 is 23.4 Å². The minimum Gasteiger partial charge on any atom is -0.465 e. The van der Waals surface area contributed by atoms with E-state index >= 15 is 0 Å². The molecule has 1 saturated heterocycles. The number of amides is 1. The molecule has 5 nitrogen and oxygen atoms in total. The number of nitrogens with zero attached hydrogens (tertiary/aromatic N) is 1. The molecule has 1 aliphatic rings. The van der Waals surface area contributed by atoms with Gasteiger partial charge >= 0.3 is 5.97 Å². The fourth-order valence-corrected chi connectivity index (χ4v) is 3.13. The Hall–Kier alpha value is -2.57. The number of methoxy groups -OCH3 is 1. The number of carbonyl (C=O) groups excluding carboxylic acids is 2. The van der Waals surface area contributed by atoms with Gasteiger partial charge in [-0.3, -0.25) is 4.79 Å². The average molecular weight is 373 g/mol. The molecule has 0 aliphatic carbocycles. The summed E-state index contributed by atoms with van der Waals surface area (Å²) in [5.41, 5.74) is 1.84. The third kappa shape index (κ3) is 4.10. The van der Waals surface area contributed by atoms with Gasteiger partial charge in [0, 0.05) is 0 Å². The molecule has 0 radical (unpaired) electrons. The zero-order valence-corrected chi connectivity index (χ0v) is 14.7. The minimum absolute atomic E-state index is 0.229. The van der Waals surface area contributed by atoms with E-state index < -0.39 is 5.97 Å². The minimum atomic E-state index is -0.402. The van der Waals surface area contributed by atoms with Crippen LogP contribution < -0.4 is 5.32 Å². The van der Waals surface area contributed by atoms with Gasteiger partial charge in [-0.2, -0.15) is 0 Å². The molecule has 1 aliphatic heterocycles. The quantitative estimate of drug-likeness (QED) is 0.652. The Morgan fingerprint density at radius 2 is 1.92 bits per heavy atom. The van der Waals surface area contributed by atoms with Crippen molar-refractivity contribution in [3.05, 3.63) is 69.6 Å². The average Bonchev–Trinajstić information content (AvgIpc) is 2.96. The van der Waals surface area contributed by atoms with Crippen molar-refractivity contribution in [1.82, 2.24) is 5.32 Å². The van der Waals surface area contributed by atoms with Crippen molar-refractivity contribution < 1.29 is 14.3 Å². The lowest BCUT2D eigenvalue weighted by Crippen LogP contribution is -2.19. The number of hydrogen-bond donors (Lipinski definition) is 1. The van der Waals surface area contributed by atoms with Gasteiger partial charge in [-0.05, 0) is 47.7 Å². The number of nitrogens with one attached hydrogen (secondary N) is 1. The van der Waals surface area contributed by atoms with Crippen LogP contribution in [-0.4, -0.2) is 24.2 Å². The molecule has 0 aromatic heterocycles. The second-order valence-corrected chi connectivity index (χ2v) is 6.48. The van der Waals surface area contributed by atoms with E-state index in [2.05, 4.69) is 15.0 Å². The van der Waals surface area contributed by atoms with Gasteiger partial charge in [0.15, 0.2) is 5.17 Å². The topological polar surface area (TPSA) is 67.8 Å². The van der Waals surface area contributed by atoms with Crippen molar-refractivity contribution >= 4 is 52.2 Å². The van der Waals surface area contributed by atoms with Crippen molar-refractivity contribution in [3.8, 4) is 0 Å². The molecule has 1 N–H and O–H groups in total. The maximum absolute atomic E-state index is 12.1. The highest BCUT2D eigenvalue weighted by atomic mass is 35.5. The monoisotopic (exact) mass is 372 g/mol. The first-order valence-corrected chi connectivity index (χ1v) is 8.49. The Kier molecular flexibility index (Phi) is 5.21. The highest BCUT2D eigenvalue weighted by Crippen LogP contribution is 2.30. The number of rotatable bonds is 3. The summed E-state index contributed by atoms with van der Waals surface area (Å²) in [6.45, 7) is 0. The molecule has 0 atom stereocenters. The molecule has 0 spiro atoms. The zero-order valence-electron chi connectivity index (χ0n) is 13.2. The molecule has 7 heteroatoms. The second kappa shape index (κ2) is 7.55. The van der Waals surface area contributed by atoms with E-state index in [4.69, 9.17) is 11.6 Å². The molecule has 0 unspecified atom stereocenters. The Morgan fingerprint density at radius 1 is 1.20 bits per heavy atom. The lowest BCUT2D eigenvalue weighted by Gasteiger charge is -2.00. The first-order chi connectivity index (χ1) is 12.1. The van der Waals surface area contributed by atoms with Crippen molar-refractivity contribution in [1.29, 1.82) is 0 Å². The molecule has 126 valence electrons. The van der Waals surface area contributed by atoms with Gasteiger partial charge in [0.25, 0.3) is 5.91 Å². The first kappa shape index (κ1) is 17.3. The SMILES string of the molecule is COC(=O)c1ccc(/C=C2/SC(=Nc3ccccc3Cl)NC2=O)cc1. The van der Waals surface area contributed by atoms with Gasteiger partial charge in [0.2, 0.25) is 0 Å². The Morgan fingerprint density at radius 3 is 2.60 bits per heavy atom. The number of hydrogen-bond acceptors (Lipinski definition) is 5. The Bertz CT molecular complexity index is 891. The number of amidine groups is 1. The van der Waals surface area contributed by atoms with Crippen molar-refractivity contribution in [3.63, 3.8) is 0 Å². The maximum Gasteiger partial charge on any atom is 0.337 e. The molecule has 2 aromatic carbocycles. The van der Waals surface area contributed by atoms with Gasteiger partial charge in [-0.25, -0.2) is 9.79 Å².